The fourth-order valence-corrected chi connectivity index (χ4v) is 4.64. The first-order chi connectivity index (χ1) is 15.1. The summed E-state index contributed by atoms with van der Waals surface area (Å²) in [6.45, 7) is 4.88. The second-order valence-electron chi connectivity index (χ2n) is 7.59. The van der Waals surface area contributed by atoms with Crippen molar-refractivity contribution >= 4 is 17.3 Å². The Bertz CT molecular complexity index is 1190. The highest BCUT2D eigenvalue weighted by Gasteiger charge is 2.41. The number of aromatic nitrogens is 6. The van der Waals surface area contributed by atoms with Crippen LogP contribution in [0.15, 0.2) is 67.6 Å². The van der Waals surface area contributed by atoms with Crippen LogP contribution in [0.1, 0.15) is 40.3 Å². The standard InChI is InChI=1S/C22H22N8S/c1-15-11-18(16(2)30(15)28-13-25-26-14-28)21-20(19-5-3-4-8-24-19)27-22(31)29(21)12-17-6-9-23-10-7-17/h3-11,13-14,20-21H,12H2,1-2H3,(H,27,31)/t20-,21-/m1/s1. The summed E-state index contributed by atoms with van der Waals surface area (Å²) in [5, 5.41) is 12.2. The van der Waals surface area contributed by atoms with Gasteiger partial charge >= 0.3 is 0 Å². The van der Waals surface area contributed by atoms with Gasteiger partial charge in [-0.1, -0.05) is 6.07 Å². The van der Waals surface area contributed by atoms with Crippen LogP contribution >= 0.6 is 12.2 Å². The van der Waals surface area contributed by atoms with E-state index >= 15 is 0 Å². The molecular weight excluding hydrogens is 408 g/mol. The predicted octanol–water partition coefficient (Wildman–Crippen LogP) is 2.97. The number of hydrogen-bond acceptors (Lipinski definition) is 5. The quantitative estimate of drug-likeness (QED) is 0.488. The minimum atomic E-state index is -0.0644. The van der Waals surface area contributed by atoms with Crippen LogP contribution < -0.4 is 5.32 Å². The Hall–Kier alpha value is -3.59. The zero-order chi connectivity index (χ0) is 21.4. The molecule has 0 bridgehead atoms. The number of nitrogens with one attached hydrogen (secondary N) is 1. The average molecular weight is 431 g/mol. The molecule has 1 N–H and O–H groups in total. The molecule has 4 aromatic heterocycles. The van der Waals surface area contributed by atoms with E-state index in [0.29, 0.717) is 11.7 Å². The molecule has 5 heterocycles. The lowest BCUT2D eigenvalue weighted by atomic mass is 9.96. The minimum Gasteiger partial charge on any atom is -0.352 e. The maximum absolute atomic E-state index is 5.80. The number of hydrogen-bond donors (Lipinski definition) is 1. The second kappa shape index (κ2) is 7.92. The molecule has 0 unspecified atom stereocenters. The third kappa shape index (κ3) is 3.46. The Morgan fingerprint density at radius 3 is 2.52 bits per heavy atom. The molecule has 1 saturated heterocycles. The summed E-state index contributed by atoms with van der Waals surface area (Å²) in [7, 11) is 0. The molecule has 0 radical (unpaired) electrons. The Morgan fingerprint density at radius 2 is 1.81 bits per heavy atom. The van der Waals surface area contributed by atoms with Gasteiger partial charge in [0.15, 0.2) is 5.11 Å². The van der Waals surface area contributed by atoms with Crippen molar-refractivity contribution in [2.45, 2.75) is 32.5 Å². The fourth-order valence-electron chi connectivity index (χ4n) is 4.33. The van der Waals surface area contributed by atoms with Gasteiger partial charge in [-0.2, -0.15) is 0 Å². The third-order valence-corrected chi connectivity index (χ3v) is 6.04. The summed E-state index contributed by atoms with van der Waals surface area (Å²) < 4.78 is 3.99. The van der Waals surface area contributed by atoms with Crippen molar-refractivity contribution in [2.75, 3.05) is 0 Å². The molecule has 0 amide bonds. The van der Waals surface area contributed by atoms with Gasteiger partial charge in [0.2, 0.25) is 0 Å². The predicted molar refractivity (Wildman–Crippen MR) is 120 cm³/mol. The van der Waals surface area contributed by atoms with Gasteiger partial charge in [0.1, 0.15) is 12.7 Å². The lowest BCUT2D eigenvalue weighted by Gasteiger charge is -2.28. The zero-order valence-corrected chi connectivity index (χ0v) is 18.1. The molecule has 156 valence electrons. The molecule has 2 atom stereocenters. The van der Waals surface area contributed by atoms with E-state index in [0.717, 1.165) is 22.6 Å². The van der Waals surface area contributed by atoms with Gasteiger partial charge in [-0.3, -0.25) is 14.6 Å². The van der Waals surface area contributed by atoms with Crippen molar-refractivity contribution in [2.24, 2.45) is 0 Å². The summed E-state index contributed by atoms with van der Waals surface area (Å²) in [5.74, 6) is 0. The highest BCUT2D eigenvalue weighted by atomic mass is 32.1. The summed E-state index contributed by atoms with van der Waals surface area (Å²) in [4.78, 5) is 11.0. The lowest BCUT2D eigenvalue weighted by Crippen LogP contribution is -2.29. The van der Waals surface area contributed by atoms with Gasteiger partial charge < -0.3 is 10.2 Å². The molecule has 0 aromatic carbocycles. The van der Waals surface area contributed by atoms with E-state index in [1.165, 1.54) is 5.56 Å². The molecule has 5 rings (SSSR count). The van der Waals surface area contributed by atoms with E-state index in [1.54, 1.807) is 12.7 Å². The molecule has 1 aliphatic heterocycles. The summed E-state index contributed by atoms with van der Waals surface area (Å²) >= 11 is 5.80. The lowest BCUT2D eigenvalue weighted by molar-refractivity contribution is 0.309. The molecule has 0 spiro atoms. The largest absolute Gasteiger partial charge is 0.352 e. The van der Waals surface area contributed by atoms with Gasteiger partial charge in [-0.25, -0.2) is 4.68 Å². The van der Waals surface area contributed by atoms with Crippen molar-refractivity contribution < 1.29 is 0 Å². The van der Waals surface area contributed by atoms with Crippen molar-refractivity contribution in [3.8, 4) is 0 Å². The normalized spacial score (nSPS) is 18.4. The van der Waals surface area contributed by atoms with E-state index in [9.17, 15) is 0 Å². The van der Waals surface area contributed by atoms with Gasteiger partial charge in [-0.05, 0) is 62.0 Å². The number of pyridine rings is 2. The first kappa shape index (κ1) is 19.4. The van der Waals surface area contributed by atoms with Crippen molar-refractivity contribution in [1.82, 2.24) is 39.7 Å². The van der Waals surface area contributed by atoms with Gasteiger partial charge in [0.05, 0.1) is 17.8 Å². The summed E-state index contributed by atoms with van der Waals surface area (Å²) in [6.07, 6.45) is 8.84. The molecule has 1 aliphatic rings. The van der Waals surface area contributed by atoms with Gasteiger partial charge in [0, 0.05) is 42.1 Å². The van der Waals surface area contributed by atoms with E-state index in [-0.39, 0.29) is 12.1 Å². The zero-order valence-electron chi connectivity index (χ0n) is 17.3. The maximum Gasteiger partial charge on any atom is 0.170 e. The second-order valence-corrected chi connectivity index (χ2v) is 7.98. The first-order valence-electron chi connectivity index (χ1n) is 10.0. The first-order valence-corrected chi connectivity index (χ1v) is 10.5. The van der Waals surface area contributed by atoms with Crippen LogP contribution in [-0.4, -0.2) is 39.5 Å². The van der Waals surface area contributed by atoms with E-state index in [2.05, 4.69) is 55.0 Å². The van der Waals surface area contributed by atoms with Crippen LogP contribution in [0, 0.1) is 13.8 Å². The Labute approximate surface area is 185 Å². The third-order valence-electron chi connectivity index (χ3n) is 5.69. The topological polar surface area (TPSA) is 76.7 Å². The Balaban J connectivity index is 1.62. The van der Waals surface area contributed by atoms with Crippen LogP contribution in [0.3, 0.4) is 0 Å². The maximum atomic E-state index is 5.80. The SMILES string of the molecule is Cc1cc([C@@H]2[C@@H](c3ccccn3)NC(=S)N2Cc2ccncc2)c(C)n1-n1cnnc1. The van der Waals surface area contributed by atoms with E-state index in [4.69, 9.17) is 12.2 Å². The van der Waals surface area contributed by atoms with Crippen LogP contribution in [0.25, 0.3) is 0 Å². The van der Waals surface area contributed by atoms with Gasteiger partial charge in [0.25, 0.3) is 0 Å². The fraction of sp³-hybridized carbons (Fsp3) is 0.227. The van der Waals surface area contributed by atoms with Crippen molar-refractivity contribution in [3.05, 3.63) is 95.9 Å². The molecule has 1 fully saturated rings. The smallest absolute Gasteiger partial charge is 0.170 e. The molecule has 0 saturated carbocycles. The highest BCUT2D eigenvalue weighted by molar-refractivity contribution is 7.80. The number of nitrogens with zero attached hydrogens (tertiary/aromatic N) is 7. The molecule has 9 heteroatoms. The van der Waals surface area contributed by atoms with Crippen LogP contribution in [-0.2, 0) is 6.54 Å². The highest BCUT2D eigenvalue weighted by Crippen LogP contribution is 2.41. The van der Waals surface area contributed by atoms with Crippen molar-refractivity contribution in [3.63, 3.8) is 0 Å². The number of thiocarbonyl (C=S) groups is 1. The van der Waals surface area contributed by atoms with Crippen molar-refractivity contribution in [1.29, 1.82) is 0 Å². The molecule has 8 nitrogen and oxygen atoms in total. The molecule has 0 aliphatic carbocycles. The monoisotopic (exact) mass is 430 g/mol. The van der Waals surface area contributed by atoms with Crippen LogP contribution in [0.5, 0.6) is 0 Å². The molecule has 4 aromatic rings. The number of rotatable bonds is 5. The Kier molecular flexibility index (Phi) is 4.95. The van der Waals surface area contributed by atoms with E-state index in [1.807, 2.05) is 53.6 Å². The minimum absolute atomic E-state index is 0.0213. The number of aryl methyl sites for hydroxylation is 1. The summed E-state index contributed by atoms with van der Waals surface area (Å²) in [5.41, 5.74) is 5.49. The van der Waals surface area contributed by atoms with Crippen LogP contribution in [0.2, 0.25) is 0 Å². The van der Waals surface area contributed by atoms with Crippen LogP contribution in [0.4, 0.5) is 0 Å². The van der Waals surface area contributed by atoms with Gasteiger partial charge in [-0.15, -0.1) is 10.2 Å². The summed E-state index contributed by atoms with van der Waals surface area (Å²) in [6, 6.07) is 12.2. The molecular formula is C22H22N8S. The molecule has 31 heavy (non-hydrogen) atoms. The average Bonchev–Trinajstić information content (AvgIpc) is 3.49. The van der Waals surface area contributed by atoms with E-state index < -0.39 is 0 Å². The Morgan fingerprint density at radius 1 is 1.03 bits per heavy atom.